The molecular weight excluding hydrogens is 381 g/mol. The van der Waals surface area contributed by atoms with Crippen molar-refractivity contribution in [3.05, 3.63) is 35.6 Å². The Morgan fingerprint density at radius 3 is 2.68 bits per heavy atom. The number of aromatic nitrogens is 2. The van der Waals surface area contributed by atoms with Gasteiger partial charge in [0.05, 0.1) is 6.20 Å². The minimum atomic E-state index is -0.0388. The Bertz CT molecular complexity index is 634. The van der Waals surface area contributed by atoms with E-state index in [1.807, 2.05) is 12.1 Å². The lowest BCUT2D eigenvalue weighted by atomic mass is 10.3. The van der Waals surface area contributed by atoms with Gasteiger partial charge < -0.3 is 15.5 Å². The van der Waals surface area contributed by atoms with Crippen LogP contribution in [0.2, 0.25) is 0 Å². The summed E-state index contributed by atoms with van der Waals surface area (Å²) in [5, 5.41) is 7.17. The first-order valence-electron chi connectivity index (χ1n) is 7.90. The number of pyridine rings is 1. The molecule has 6 nitrogen and oxygen atoms in total. The van der Waals surface area contributed by atoms with Gasteiger partial charge in [0.15, 0.2) is 0 Å². The minimum Gasteiger partial charge on any atom is -0.351 e. The summed E-state index contributed by atoms with van der Waals surface area (Å²) in [7, 11) is 0. The Kier molecular flexibility index (Phi) is 9.92. The maximum Gasteiger partial charge on any atom is 0.263 e. The van der Waals surface area contributed by atoms with Crippen molar-refractivity contribution in [3.8, 4) is 10.6 Å². The molecule has 1 saturated heterocycles. The van der Waals surface area contributed by atoms with E-state index in [1.54, 1.807) is 18.6 Å². The summed E-state index contributed by atoms with van der Waals surface area (Å²) >= 11 is 1.41. The molecule has 0 aromatic carbocycles. The third-order valence-corrected chi connectivity index (χ3v) is 4.85. The number of thiazole rings is 1. The number of nitrogens with one attached hydrogen (secondary N) is 2. The van der Waals surface area contributed by atoms with Crippen LogP contribution in [0.1, 0.15) is 16.1 Å². The molecular formula is C16H23Cl2N5OS. The second-order valence-corrected chi connectivity index (χ2v) is 6.50. The lowest BCUT2D eigenvalue weighted by molar-refractivity contribution is 0.0955. The highest BCUT2D eigenvalue weighted by molar-refractivity contribution is 7.16. The molecule has 0 unspecified atom stereocenters. The van der Waals surface area contributed by atoms with Crippen molar-refractivity contribution < 1.29 is 4.79 Å². The average molecular weight is 404 g/mol. The molecule has 2 N–H and O–H groups in total. The van der Waals surface area contributed by atoms with Crippen LogP contribution in [-0.4, -0.2) is 60.0 Å². The van der Waals surface area contributed by atoms with Gasteiger partial charge in [-0.05, 0) is 25.1 Å². The Hall–Kier alpha value is -1.25. The second kappa shape index (κ2) is 11.4. The second-order valence-electron chi connectivity index (χ2n) is 5.47. The molecule has 2 aromatic rings. The van der Waals surface area contributed by atoms with Gasteiger partial charge in [-0.15, -0.1) is 36.2 Å². The van der Waals surface area contributed by atoms with Crippen molar-refractivity contribution in [1.29, 1.82) is 0 Å². The lowest BCUT2D eigenvalue weighted by Crippen LogP contribution is -2.44. The van der Waals surface area contributed by atoms with Crippen LogP contribution in [0.4, 0.5) is 0 Å². The molecule has 0 aliphatic carbocycles. The molecule has 1 fully saturated rings. The number of carbonyl (C=O) groups is 1. The molecule has 1 aliphatic heterocycles. The van der Waals surface area contributed by atoms with Gasteiger partial charge in [-0.2, -0.15) is 0 Å². The number of rotatable bonds is 6. The Morgan fingerprint density at radius 2 is 1.96 bits per heavy atom. The van der Waals surface area contributed by atoms with Crippen molar-refractivity contribution in [3.63, 3.8) is 0 Å². The van der Waals surface area contributed by atoms with Crippen LogP contribution >= 0.6 is 36.2 Å². The summed E-state index contributed by atoms with van der Waals surface area (Å²) in [6.45, 7) is 6.05. The first kappa shape index (κ1) is 21.8. The predicted molar refractivity (Wildman–Crippen MR) is 106 cm³/mol. The van der Waals surface area contributed by atoms with Crippen LogP contribution in [0.3, 0.4) is 0 Å². The van der Waals surface area contributed by atoms with Crippen LogP contribution in [0.25, 0.3) is 10.6 Å². The van der Waals surface area contributed by atoms with Crippen LogP contribution in [0.15, 0.2) is 30.7 Å². The number of hydrogen-bond acceptors (Lipinski definition) is 6. The standard InChI is InChI=1S/C16H21N5OS.2ClH/c22-15(19-4-1-9-21-10-7-18-8-11-21)14-12-20-16(23-14)13-2-5-17-6-3-13;;/h2-3,5-6,12,18H,1,4,7-11H2,(H,19,22);2*1H. The molecule has 0 radical (unpaired) electrons. The molecule has 2 aromatic heterocycles. The Morgan fingerprint density at radius 1 is 1.24 bits per heavy atom. The van der Waals surface area contributed by atoms with E-state index in [1.165, 1.54) is 11.3 Å². The first-order valence-corrected chi connectivity index (χ1v) is 8.72. The molecule has 0 atom stereocenters. The molecule has 3 heterocycles. The van der Waals surface area contributed by atoms with Crippen molar-refractivity contribution in [2.75, 3.05) is 39.3 Å². The molecule has 0 bridgehead atoms. The van der Waals surface area contributed by atoms with Crippen molar-refractivity contribution >= 4 is 42.1 Å². The van der Waals surface area contributed by atoms with Gasteiger partial charge >= 0.3 is 0 Å². The van der Waals surface area contributed by atoms with E-state index in [0.29, 0.717) is 11.4 Å². The lowest BCUT2D eigenvalue weighted by Gasteiger charge is -2.26. The van der Waals surface area contributed by atoms with Gasteiger partial charge in [-0.3, -0.25) is 9.78 Å². The van der Waals surface area contributed by atoms with E-state index in [4.69, 9.17) is 0 Å². The molecule has 1 amide bonds. The highest BCUT2D eigenvalue weighted by atomic mass is 35.5. The van der Waals surface area contributed by atoms with E-state index in [2.05, 4.69) is 25.5 Å². The van der Waals surface area contributed by atoms with Gasteiger partial charge in [0, 0.05) is 50.7 Å². The molecule has 9 heteroatoms. The quantitative estimate of drug-likeness (QED) is 0.722. The molecule has 25 heavy (non-hydrogen) atoms. The van der Waals surface area contributed by atoms with Crippen LogP contribution in [0.5, 0.6) is 0 Å². The number of carbonyl (C=O) groups excluding carboxylic acids is 1. The van der Waals surface area contributed by atoms with Crippen LogP contribution < -0.4 is 10.6 Å². The average Bonchev–Trinajstić information content (AvgIpc) is 3.10. The smallest absolute Gasteiger partial charge is 0.263 e. The highest BCUT2D eigenvalue weighted by Crippen LogP contribution is 2.24. The number of piperazine rings is 1. The third kappa shape index (κ3) is 6.52. The van der Waals surface area contributed by atoms with Crippen LogP contribution in [0, 0.1) is 0 Å². The normalized spacial score (nSPS) is 14.2. The number of halogens is 2. The fourth-order valence-electron chi connectivity index (χ4n) is 2.53. The summed E-state index contributed by atoms with van der Waals surface area (Å²) in [4.78, 5) is 23.6. The Labute approximate surface area is 164 Å². The molecule has 0 saturated carbocycles. The summed E-state index contributed by atoms with van der Waals surface area (Å²) in [6, 6.07) is 3.79. The predicted octanol–water partition coefficient (Wildman–Crippen LogP) is 2.07. The van der Waals surface area contributed by atoms with Crippen LogP contribution in [-0.2, 0) is 0 Å². The minimum absolute atomic E-state index is 0. The maximum atomic E-state index is 12.2. The van der Waals surface area contributed by atoms with Gasteiger partial charge in [-0.25, -0.2) is 4.98 Å². The van der Waals surface area contributed by atoms with E-state index < -0.39 is 0 Å². The largest absolute Gasteiger partial charge is 0.351 e. The zero-order chi connectivity index (χ0) is 15.9. The van der Waals surface area contributed by atoms with Gasteiger partial charge in [-0.1, -0.05) is 0 Å². The van der Waals surface area contributed by atoms with E-state index in [9.17, 15) is 4.79 Å². The summed E-state index contributed by atoms with van der Waals surface area (Å²) in [5.41, 5.74) is 0.989. The summed E-state index contributed by atoms with van der Waals surface area (Å²) in [5.74, 6) is -0.0388. The fraction of sp³-hybridized carbons (Fsp3) is 0.438. The zero-order valence-corrected chi connectivity index (χ0v) is 16.3. The van der Waals surface area contributed by atoms with Gasteiger partial charge in [0.2, 0.25) is 0 Å². The van der Waals surface area contributed by atoms with E-state index >= 15 is 0 Å². The van der Waals surface area contributed by atoms with Crippen molar-refractivity contribution in [2.45, 2.75) is 6.42 Å². The molecule has 0 spiro atoms. The van der Waals surface area contributed by atoms with Crippen molar-refractivity contribution in [1.82, 2.24) is 25.5 Å². The molecule has 138 valence electrons. The number of nitrogens with zero attached hydrogens (tertiary/aromatic N) is 3. The summed E-state index contributed by atoms with van der Waals surface area (Å²) < 4.78 is 0. The van der Waals surface area contributed by atoms with E-state index in [-0.39, 0.29) is 30.7 Å². The first-order chi connectivity index (χ1) is 11.3. The molecule has 3 rings (SSSR count). The number of amides is 1. The number of hydrogen-bond donors (Lipinski definition) is 2. The summed E-state index contributed by atoms with van der Waals surface area (Å²) in [6.07, 6.45) is 6.08. The monoisotopic (exact) mass is 403 g/mol. The van der Waals surface area contributed by atoms with Gasteiger partial charge in [0.25, 0.3) is 5.91 Å². The van der Waals surface area contributed by atoms with Gasteiger partial charge in [0.1, 0.15) is 9.88 Å². The van der Waals surface area contributed by atoms with E-state index in [0.717, 1.165) is 49.7 Å². The van der Waals surface area contributed by atoms with Crippen molar-refractivity contribution in [2.24, 2.45) is 0 Å². The highest BCUT2D eigenvalue weighted by Gasteiger charge is 2.12. The maximum absolute atomic E-state index is 12.2. The topological polar surface area (TPSA) is 70.2 Å². The zero-order valence-electron chi connectivity index (χ0n) is 13.8. The SMILES string of the molecule is Cl.Cl.O=C(NCCCN1CCNCC1)c1cnc(-c2ccncc2)s1. The third-order valence-electron chi connectivity index (χ3n) is 3.80. The fourth-order valence-corrected chi connectivity index (χ4v) is 3.37. The Balaban J connectivity index is 0.00000156. The molecule has 1 aliphatic rings.